The van der Waals surface area contributed by atoms with Crippen LogP contribution in [0.5, 0.6) is 0 Å². The molecule has 1 atom stereocenters. The van der Waals surface area contributed by atoms with Crippen molar-refractivity contribution in [2.45, 2.75) is 38.1 Å². The molecular formula is C17H19N5O2. The topological polar surface area (TPSA) is 90.8 Å². The quantitative estimate of drug-likeness (QED) is 0.715. The highest BCUT2D eigenvalue weighted by atomic mass is 16.3. The lowest BCUT2D eigenvalue weighted by Gasteiger charge is -2.18. The molecule has 3 aromatic heterocycles. The van der Waals surface area contributed by atoms with Crippen molar-refractivity contribution in [2.75, 3.05) is 13.6 Å². The monoisotopic (exact) mass is 325 g/mol. The van der Waals surface area contributed by atoms with Gasteiger partial charge in [-0.25, -0.2) is 4.98 Å². The first kappa shape index (κ1) is 14.0. The number of aryl methyl sites for hydroxylation is 2. The summed E-state index contributed by atoms with van der Waals surface area (Å²) in [5.41, 5.74) is 3.93. The molecule has 124 valence electrons. The number of rotatable bonds is 1. The van der Waals surface area contributed by atoms with Gasteiger partial charge in [-0.2, -0.15) is 5.10 Å². The van der Waals surface area contributed by atoms with Gasteiger partial charge in [0.25, 0.3) is 5.56 Å². The Kier molecular flexibility index (Phi) is 2.94. The minimum atomic E-state index is -0.187. The number of furan rings is 1. The van der Waals surface area contributed by atoms with Crippen LogP contribution >= 0.6 is 0 Å². The van der Waals surface area contributed by atoms with Crippen LogP contribution in [0.25, 0.3) is 22.4 Å². The maximum absolute atomic E-state index is 12.6. The van der Waals surface area contributed by atoms with Crippen molar-refractivity contribution in [1.29, 1.82) is 0 Å². The lowest BCUT2D eigenvalue weighted by Crippen LogP contribution is -2.22. The molecule has 1 fully saturated rings. The molecule has 1 aliphatic heterocycles. The Morgan fingerprint density at radius 3 is 3.08 bits per heavy atom. The number of aromatic amines is 2. The van der Waals surface area contributed by atoms with Gasteiger partial charge in [0.2, 0.25) is 5.58 Å². The summed E-state index contributed by atoms with van der Waals surface area (Å²) in [6.07, 6.45) is 6.72. The molecule has 1 saturated heterocycles. The predicted octanol–water partition coefficient (Wildman–Crippen LogP) is 2.16. The van der Waals surface area contributed by atoms with Crippen LogP contribution in [0.15, 0.2) is 15.4 Å². The van der Waals surface area contributed by atoms with E-state index < -0.39 is 0 Å². The summed E-state index contributed by atoms with van der Waals surface area (Å²) < 4.78 is 5.95. The van der Waals surface area contributed by atoms with Crippen molar-refractivity contribution in [3.05, 3.63) is 33.6 Å². The van der Waals surface area contributed by atoms with Crippen molar-refractivity contribution in [1.82, 2.24) is 25.1 Å². The largest absolute Gasteiger partial charge is 0.448 e. The number of H-pyrrole nitrogens is 2. The third-order valence-corrected chi connectivity index (χ3v) is 5.31. The molecular weight excluding hydrogens is 306 g/mol. The molecule has 0 spiro atoms. The SMILES string of the molecule is CN1CCC[C@@H]1c1nc2c3c(oc2c(=O)[nH]1)-c1cn[nH]c1CCC3. The molecule has 2 N–H and O–H groups in total. The van der Waals surface area contributed by atoms with Gasteiger partial charge >= 0.3 is 0 Å². The number of nitrogens with one attached hydrogen (secondary N) is 2. The van der Waals surface area contributed by atoms with E-state index in [9.17, 15) is 4.79 Å². The number of hydrogen-bond donors (Lipinski definition) is 2. The summed E-state index contributed by atoms with van der Waals surface area (Å²) >= 11 is 0. The second-order valence-corrected chi connectivity index (χ2v) is 6.79. The minimum Gasteiger partial charge on any atom is -0.448 e. The van der Waals surface area contributed by atoms with Crippen molar-refractivity contribution in [3.63, 3.8) is 0 Å². The Balaban J connectivity index is 1.75. The van der Waals surface area contributed by atoms with E-state index in [0.29, 0.717) is 5.58 Å². The van der Waals surface area contributed by atoms with E-state index in [0.717, 1.165) is 72.6 Å². The van der Waals surface area contributed by atoms with E-state index in [-0.39, 0.29) is 11.6 Å². The van der Waals surface area contributed by atoms with Crippen LogP contribution in [0.1, 0.15) is 42.4 Å². The first-order valence-corrected chi connectivity index (χ1v) is 8.51. The molecule has 7 heteroatoms. The highest BCUT2D eigenvalue weighted by Gasteiger charge is 2.29. The van der Waals surface area contributed by atoms with E-state index >= 15 is 0 Å². The van der Waals surface area contributed by atoms with Crippen LogP contribution in [0.2, 0.25) is 0 Å². The molecule has 0 saturated carbocycles. The number of fused-ring (bicyclic) bond motifs is 5. The summed E-state index contributed by atoms with van der Waals surface area (Å²) in [7, 11) is 2.08. The normalized spacial score (nSPS) is 21.0. The van der Waals surface area contributed by atoms with Crippen LogP contribution in [0.3, 0.4) is 0 Å². The summed E-state index contributed by atoms with van der Waals surface area (Å²) in [6.45, 7) is 1.04. The van der Waals surface area contributed by atoms with Crippen LogP contribution < -0.4 is 5.56 Å². The van der Waals surface area contributed by atoms with Gasteiger partial charge in [-0.3, -0.25) is 14.8 Å². The van der Waals surface area contributed by atoms with Crippen LogP contribution in [0.4, 0.5) is 0 Å². The molecule has 7 nitrogen and oxygen atoms in total. The molecule has 24 heavy (non-hydrogen) atoms. The van der Waals surface area contributed by atoms with E-state index in [1.165, 1.54) is 0 Å². The van der Waals surface area contributed by atoms with Crippen LogP contribution in [0, 0.1) is 0 Å². The Labute approximate surface area is 138 Å². The fourth-order valence-electron chi connectivity index (χ4n) is 4.05. The predicted molar refractivity (Wildman–Crippen MR) is 88.8 cm³/mol. The molecule has 5 rings (SSSR count). The lowest BCUT2D eigenvalue weighted by atomic mass is 10.1. The average molecular weight is 325 g/mol. The third-order valence-electron chi connectivity index (χ3n) is 5.31. The van der Waals surface area contributed by atoms with Gasteiger partial charge in [0.05, 0.1) is 17.8 Å². The Morgan fingerprint density at radius 1 is 1.33 bits per heavy atom. The number of hydrogen-bond acceptors (Lipinski definition) is 5. The summed E-state index contributed by atoms with van der Waals surface area (Å²) in [5, 5.41) is 7.17. The van der Waals surface area contributed by atoms with E-state index in [4.69, 9.17) is 9.40 Å². The zero-order valence-electron chi connectivity index (χ0n) is 13.6. The highest BCUT2D eigenvalue weighted by Crippen LogP contribution is 2.37. The first-order valence-electron chi connectivity index (χ1n) is 8.51. The Morgan fingerprint density at radius 2 is 2.25 bits per heavy atom. The second kappa shape index (κ2) is 5.04. The Hall–Kier alpha value is -2.41. The molecule has 0 aromatic carbocycles. The van der Waals surface area contributed by atoms with Gasteiger partial charge < -0.3 is 9.40 Å². The lowest BCUT2D eigenvalue weighted by molar-refractivity contribution is 0.305. The number of nitrogens with zero attached hydrogens (tertiary/aromatic N) is 3. The molecule has 0 bridgehead atoms. The molecule has 0 radical (unpaired) electrons. The zero-order valence-corrected chi connectivity index (χ0v) is 13.6. The molecule has 0 amide bonds. The Bertz CT molecular complexity index is 983. The number of likely N-dealkylation sites (tertiary alicyclic amines) is 1. The van der Waals surface area contributed by atoms with Gasteiger partial charge in [0, 0.05) is 11.3 Å². The van der Waals surface area contributed by atoms with E-state index in [1.807, 2.05) is 0 Å². The fourth-order valence-corrected chi connectivity index (χ4v) is 4.05. The third kappa shape index (κ3) is 1.91. The van der Waals surface area contributed by atoms with Gasteiger partial charge in [-0.15, -0.1) is 0 Å². The van der Waals surface area contributed by atoms with Crippen molar-refractivity contribution in [2.24, 2.45) is 0 Å². The first-order chi connectivity index (χ1) is 11.7. The van der Waals surface area contributed by atoms with E-state index in [2.05, 4.69) is 27.1 Å². The molecule has 4 heterocycles. The summed E-state index contributed by atoms with van der Waals surface area (Å²) in [4.78, 5) is 22.6. The van der Waals surface area contributed by atoms with Crippen LogP contribution in [-0.2, 0) is 12.8 Å². The van der Waals surface area contributed by atoms with Gasteiger partial charge in [0.15, 0.2) is 0 Å². The fraction of sp³-hybridized carbons (Fsp3) is 0.471. The standard InChI is InChI=1S/C17H19N5O2/c1-22-7-3-6-12(22)16-19-13-9-4-2-5-11-10(8-18-21-11)14(9)24-15(13)17(23)20-16/h8,12H,2-7H2,1H3,(H,18,21)(H,19,20,23)/t12-/m1/s1. The molecule has 0 unspecified atom stereocenters. The second-order valence-electron chi connectivity index (χ2n) is 6.79. The summed E-state index contributed by atoms with van der Waals surface area (Å²) in [6, 6.07) is 0.183. The zero-order chi connectivity index (χ0) is 16.3. The van der Waals surface area contributed by atoms with Gasteiger partial charge in [0.1, 0.15) is 17.1 Å². The van der Waals surface area contributed by atoms with Crippen molar-refractivity contribution in [3.8, 4) is 11.3 Å². The van der Waals surface area contributed by atoms with E-state index in [1.54, 1.807) is 6.20 Å². The number of aromatic nitrogens is 4. The molecule has 1 aliphatic carbocycles. The minimum absolute atomic E-state index is 0.183. The molecule has 3 aromatic rings. The van der Waals surface area contributed by atoms with Crippen molar-refractivity contribution < 1.29 is 4.42 Å². The van der Waals surface area contributed by atoms with Gasteiger partial charge in [-0.05, 0) is 45.7 Å². The van der Waals surface area contributed by atoms with Gasteiger partial charge in [-0.1, -0.05) is 0 Å². The average Bonchev–Trinajstić information content (AvgIpc) is 3.25. The maximum atomic E-state index is 12.6. The summed E-state index contributed by atoms with van der Waals surface area (Å²) in [5.74, 6) is 1.51. The molecule has 2 aliphatic rings. The smallest absolute Gasteiger partial charge is 0.294 e. The highest BCUT2D eigenvalue weighted by molar-refractivity contribution is 5.85. The maximum Gasteiger partial charge on any atom is 0.294 e. The van der Waals surface area contributed by atoms with Crippen LogP contribution in [-0.4, -0.2) is 38.7 Å². The van der Waals surface area contributed by atoms with Crippen molar-refractivity contribution >= 4 is 11.1 Å².